The summed E-state index contributed by atoms with van der Waals surface area (Å²) in [6.45, 7) is 0.993. The van der Waals surface area contributed by atoms with E-state index in [2.05, 4.69) is 24.1 Å². The van der Waals surface area contributed by atoms with Gasteiger partial charge in [-0.05, 0) is 31.2 Å². The van der Waals surface area contributed by atoms with Crippen LogP contribution in [0.15, 0.2) is 24.3 Å². The van der Waals surface area contributed by atoms with Crippen LogP contribution in [0.1, 0.15) is 23.8 Å². The van der Waals surface area contributed by atoms with Gasteiger partial charge < -0.3 is 36.5 Å². The molecule has 1 N–H and O–H groups in total. The summed E-state index contributed by atoms with van der Waals surface area (Å²) >= 11 is 0. The molecule has 0 amide bonds. The van der Waals surface area contributed by atoms with Gasteiger partial charge in [-0.1, -0.05) is 12.2 Å². The van der Waals surface area contributed by atoms with Gasteiger partial charge in [0.05, 0.1) is 17.6 Å². The maximum Gasteiger partial charge on any atom is 0.231 e. The lowest BCUT2D eigenvalue weighted by molar-refractivity contribution is -0.160. The van der Waals surface area contributed by atoms with Crippen molar-refractivity contribution in [2.45, 2.75) is 36.4 Å². The number of rotatable bonds is 1. The van der Waals surface area contributed by atoms with Crippen LogP contribution in [0.2, 0.25) is 0 Å². The number of benzene rings is 1. The first-order chi connectivity index (χ1) is 11.6. The third-order valence-electron chi connectivity index (χ3n) is 5.99. The summed E-state index contributed by atoms with van der Waals surface area (Å²) in [7, 11) is 3.85. The molecule has 3 aliphatic heterocycles. The molecule has 1 aromatic rings. The zero-order valence-corrected chi connectivity index (χ0v) is 14.9. The van der Waals surface area contributed by atoms with E-state index < -0.39 is 6.29 Å². The summed E-state index contributed by atoms with van der Waals surface area (Å²) in [5.74, 6) is 1.41. The number of aliphatic hydroxyl groups excluding tert-OH is 1. The van der Waals surface area contributed by atoms with E-state index in [4.69, 9.17) is 18.9 Å². The number of likely N-dealkylation sites (N-methyl/N-ethyl adjacent to an activating group) is 1. The van der Waals surface area contributed by atoms with Crippen LogP contribution < -0.4 is 21.9 Å². The Kier molecular flexibility index (Phi) is 4.01. The smallest absolute Gasteiger partial charge is 0.231 e. The van der Waals surface area contributed by atoms with Crippen molar-refractivity contribution in [3.8, 4) is 11.5 Å². The number of fused-ring (bicyclic) bond motifs is 2. The molecule has 1 aromatic carbocycles. The van der Waals surface area contributed by atoms with E-state index in [0.717, 1.165) is 29.8 Å². The molecule has 0 radical (unpaired) electrons. The molecule has 0 aromatic heterocycles. The molecule has 4 aliphatic rings. The summed E-state index contributed by atoms with van der Waals surface area (Å²) in [6, 6.07) is 4.14. The molecule has 1 aliphatic carbocycles. The lowest BCUT2D eigenvalue weighted by Gasteiger charge is -2.46. The number of hydrogen-bond acceptors (Lipinski definition) is 6. The molecule has 1 spiro atoms. The molecule has 3 heterocycles. The molecular formula is C18H21ClNO5-. The van der Waals surface area contributed by atoms with E-state index in [1.54, 1.807) is 7.11 Å². The molecule has 5 unspecified atom stereocenters. The molecule has 0 saturated carbocycles. The van der Waals surface area contributed by atoms with Gasteiger partial charge in [-0.3, -0.25) is 4.90 Å². The zero-order valence-electron chi connectivity index (χ0n) is 14.1. The Hall–Kier alpha value is -1.31. The van der Waals surface area contributed by atoms with E-state index in [1.165, 1.54) is 0 Å². The maximum atomic E-state index is 10.5. The summed E-state index contributed by atoms with van der Waals surface area (Å²) in [6.07, 6.45) is 4.31. The number of methoxy groups -OCH3 is 1. The van der Waals surface area contributed by atoms with Gasteiger partial charge in [-0.25, -0.2) is 0 Å². The maximum absolute atomic E-state index is 10.5. The fourth-order valence-corrected chi connectivity index (χ4v) is 4.82. The monoisotopic (exact) mass is 366 g/mol. The summed E-state index contributed by atoms with van der Waals surface area (Å²) in [4.78, 5) is 2.31. The van der Waals surface area contributed by atoms with Crippen LogP contribution in [0, 0.1) is 0 Å². The standard InChI is InChI=1S/C18H21NO5.ClH/c1-19-8-16-18(4-3-10(21-2)5-15(18)19)12-7-14-13(22-9-23-14)6-11(12)17(20)24-16;/h3-4,6-7,10,15-17,20H,5,8-9H2,1-2H3;1H/p-1. The molecule has 5 atom stereocenters. The van der Waals surface area contributed by atoms with Crippen molar-refractivity contribution in [2.24, 2.45) is 0 Å². The number of hydrogen-bond donors (Lipinski definition) is 1. The zero-order chi connectivity index (χ0) is 16.5. The third kappa shape index (κ3) is 2.18. The van der Waals surface area contributed by atoms with Gasteiger partial charge in [0.25, 0.3) is 0 Å². The summed E-state index contributed by atoms with van der Waals surface area (Å²) in [5.41, 5.74) is 1.56. The van der Waals surface area contributed by atoms with E-state index in [9.17, 15) is 5.11 Å². The van der Waals surface area contributed by atoms with Gasteiger partial charge >= 0.3 is 0 Å². The predicted molar refractivity (Wildman–Crippen MR) is 85.0 cm³/mol. The van der Waals surface area contributed by atoms with E-state index in [-0.39, 0.29) is 42.9 Å². The lowest BCUT2D eigenvalue weighted by atomic mass is 9.65. The first-order valence-corrected chi connectivity index (χ1v) is 8.33. The number of aliphatic hydroxyl groups is 1. The van der Waals surface area contributed by atoms with Crippen molar-refractivity contribution < 1.29 is 36.5 Å². The molecule has 5 rings (SSSR count). The van der Waals surface area contributed by atoms with Crippen molar-refractivity contribution in [1.29, 1.82) is 0 Å². The van der Waals surface area contributed by atoms with Gasteiger partial charge in [0.15, 0.2) is 17.8 Å². The highest BCUT2D eigenvalue weighted by Gasteiger charge is 2.59. The van der Waals surface area contributed by atoms with Crippen LogP contribution in [0.5, 0.6) is 11.5 Å². The fourth-order valence-electron chi connectivity index (χ4n) is 4.82. The van der Waals surface area contributed by atoms with Crippen molar-refractivity contribution in [2.75, 3.05) is 27.5 Å². The van der Waals surface area contributed by atoms with Crippen LogP contribution in [0.3, 0.4) is 0 Å². The molecule has 7 heteroatoms. The highest BCUT2D eigenvalue weighted by molar-refractivity contribution is 5.56. The Morgan fingerprint density at radius 1 is 1.28 bits per heavy atom. The predicted octanol–water partition coefficient (Wildman–Crippen LogP) is -1.66. The third-order valence-corrected chi connectivity index (χ3v) is 5.99. The van der Waals surface area contributed by atoms with Gasteiger partial charge in [-0.15, -0.1) is 0 Å². The summed E-state index contributed by atoms with van der Waals surface area (Å²) < 4.78 is 22.6. The Labute approximate surface area is 152 Å². The van der Waals surface area contributed by atoms with E-state index in [1.807, 2.05) is 12.1 Å². The largest absolute Gasteiger partial charge is 1.00 e. The fraction of sp³-hybridized carbons (Fsp3) is 0.556. The lowest BCUT2D eigenvalue weighted by Crippen LogP contribution is -3.00. The molecule has 0 bridgehead atoms. The summed E-state index contributed by atoms with van der Waals surface area (Å²) in [5, 5.41) is 10.5. The molecule has 6 nitrogen and oxygen atoms in total. The first kappa shape index (κ1) is 17.1. The highest BCUT2D eigenvalue weighted by atomic mass is 35.5. The van der Waals surface area contributed by atoms with Crippen molar-refractivity contribution in [1.82, 2.24) is 4.90 Å². The normalized spacial score (nSPS) is 37.9. The SMILES string of the molecule is COC1C=CC23c4cc5c(cc4C(O)OC2CN(C)C3C1)OCO5.[Cl-]. The number of likely N-dealkylation sites (tertiary alicyclic amines) is 1. The second-order valence-corrected chi connectivity index (χ2v) is 7.03. The first-order valence-electron chi connectivity index (χ1n) is 8.33. The number of ether oxygens (including phenoxy) is 4. The Bertz CT molecular complexity index is 726. The van der Waals surface area contributed by atoms with Crippen LogP contribution in [0.4, 0.5) is 0 Å². The second kappa shape index (κ2) is 5.86. The average Bonchev–Trinajstić information content (AvgIpc) is 3.16. The van der Waals surface area contributed by atoms with Gasteiger partial charge in [0.1, 0.15) is 0 Å². The minimum atomic E-state index is -0.939. The molecular weight excluding hydrogens is 346 g/mol. The average molecular weight is 367 g/mol. The van der Waals surface area contributed by atoms with E-state index >= 15 is 0 Å². The van der Waals surface area contributed by atoms with Crippen LogP contribution in [0.25, 0.3) is 0 Å². The minimum absolute atomic E-state index is 0. The van der Waals surface area contributed by atoms with Gasteiger partial charge in [-0.2, -0.15) is 0 Å². The van der Waals surface area contributed by atoms with Crippen LogP contribution in [-0.2, 0) is 14.9 Å². The van der Waals surface area contributed by atoms with Gasteiger partial charge in [0.2, 0.25) is 6.79 Å². The molecule has 1 saturated heterocycles. The molecule has 1 fully saturated rings. The topological polar surface area (TPSA) is 60.4 Å². The molecule has 25 heavy (non-hydrogen) atoms. The van der Waals surface area contributed by atoms with Crippen LogP contribution in [-0.4, -0.2) is 55.8 Å². The van der Waals surface area contributed by atoms with E-state index in [0.29, 0.717) is 5.75 Å². The number of halogens is 1. The second-order valence-electron chi connectivity index (χ2n) is 7.03. The highest BCUT2D eigenvalue weighted by Crippen LogP contribution is 2.54. The Morgan fingerprint density at radius 3 is 2.80 bits per heavy atom. The van der Waals surface area contributed by atoms with Crippen molar-refractivity contribution >= 4 is 0 Å². The number of nitrogens with zero attached hydrogens (tertiary/aromatic N) is 1. The van der Waals surface area contributed by atoms with Crippen LogP contribution >= 0.6 is 0 Å². The minimum Gasteiger partial charge on any atom is -1.00 e. The quantitative estimate of drug-likeness (QED) is 0.600. The Morgan fingerprint density at radius 2 is 2.04 bits per heavy atom. The molecule has 136 valence electrons. The van der Waals surface area contributed by atoms with Crippen molar-refractivity contribution in [3.63, 3.8) is 0 Å². The van der Waals surface area contributed by atoms with Crippen molar-refractivity contribution in [3.05, 3.63) is 35.4 Å². The van der Waals surface area contributed by atoms with Gasteiger partial charge in [0, 0.05) is 25.3 Å². The Balaban J connectivity index is 0.00000157.